The number of nitrogens with zero attached hydrogens (tertiary/aromatic N) is 1. The Bertz CT molecular complexity index is 1300. The summed E-state index contributed by atoms with van der Waals surface area (Å²) >= 11 is 12.2. The standard InChI is InChI=1S/C25H20Cl2N2O4/c1-31-17-9-10-20(22(12-17)32-2)23-14-29-25(33-23)19-6-4-3-5-18(19)24(30)28-13-15-7-8-16(26)11-21(15)27/h3-12,14H,13H2,1-2H3,(H,28,30). The van der Waals surface area contributed by atoms with Crippen molar-refractivity contribution in [3.8, 4) is 34.3 Å². The molecule has 0 saturated heterocycles. The van der Waals surface area contributed by atoms with Gasteiger partial charge in [-0.1, -0.05) is 41.4 Å². The van der Waals surface area contributed by atoms with Crippen LogP contribution in [0, 0.1) is 0 Å². The topological polar surface area (TPSA) is 73.6 Å². The Kier molecular flexibility index (Phi) is 6.87. The summed E-state index contributed by atoms with van der Waals surface area (Å²) in [6.07, 6.45) is 1.60. The Morgan fingerprint density at radius 1 is 1.00 bits per heavy atom. The monoisotopic (exact) mass is 482 g/mol. The van der Waals surface area contributed by atoms with Gasteiger partial charge in [0, 0.05) is 28.2 Å². The Hall–Kier alpha value is -3.48. The van der Waals surface area contributed by atoms with Gasteiger partial charge in [0.05, 0.1) is 31.5 Å². The van der Waals surface area contributed by atoms with Crippen molar-refractivity contribution in [3.63, 3.8) is 0 Å². The van der Waals surface area contributed by atoms with Crippen LogP contribution < -0.4 is 14.8 Å². The maximum Gasteiger partial charge on any atom is 0.252 e. The summed E-state index contributed by atoms with van der Waals surface area (Å²) in [4.78, 5) is 17.4. The molecule has 3 aromatic carbocycles. The summed E-state index contributed by atoms with van der Waals surface area (Å²) in [5.41, 5.74) is 2.47. The van der Waals surface area contributed by atoms with Crippen molar-refractivity contribution in [2.75, 3.05) is 14.2 Å². The maximum atomic E-state index is 13.0. The zero-order valence-electron chi connectivity index (χ0n) is 17.9. The van der Waals surface area contributed by atoms with E-state index in [4.69, 9.17) is 37.1 Å². The van der Waals surface area contributed by atoms with Gasteiger partial charge in [0.2, 0.25) is 5.89 Å². The maximum absolute atomic E-state index is 13.0. The third-order valence-corrected chi connectivity index (χ3v) is 5.62. The van der Waals surface area contributed by atoms with Crippen molar-refractivity contribution in [2.45, 2.75) is 6.54 Å². The van der Waals surface area contributed by atoms with E-state index in [-0.39, 0.29) is 12.5 Å². The van der Waals surface area contributed by atoms with Gasteiger partial charge in [-0.05, 0) is 42.0 Å². The Morgan fingerprint density at radius 2 is 1.82 bits per heavy atom. The minimum atomic E-state index is -0.279. The Morgan fingerprint density at radius 3 is 2.58 bits per heavy atom. The number of oxazole rings is 1. The van der Waals surface area contributed by atoms with E-state index < -0.39 is 0 Å². The number of halogens is 2. The largest absolute Gasteiger partial charge is 0.497 e. The number of rotatable bonds is 7. The van der Waals surface area contributed by atoms with Crippen LogP contribution in [-0.4, -0.2) is 25.1 Å². The van der Waals surface area contributed by atoms with Crippen LogP contribution in [0.5, 0.6) is 11.5 Å². The molecular weight excluding hydrogens is 463 g/mol. The number of methoxy groups -OCH3 is 2. The summed E-state index contributed by atoms with van der Waals surface area (Å²) in [6.45, 7) is 0.253. The molecular formula is C25H20Cl2N2O4. The highest BCUT2D eigenvalue weighted by molar-refractivity contribution is 6.35. The molecule has 8 heteroatoms. The molecule has 1 amide bonds. The molecule has 0 atom stereocenters. The van der Waals surface area contributed by atoms with E-state index in [1.807, 2.05) is 18.2 Å². The van der Waals surface area contributed by atoms with E-state index in [0.717, 1.165) is 11.1 Å². The van der Waals surface area contributed by atoms with Gasteiger partial charge in [0.15, 0.2) is 5.76 Å². The quantitative estimate of drug-likeness (QED) is 0.336. The van der Waals surface area contributed by atoms with Gasteiger partial charge in [-0.3, -0.25) is 4.79 Å². The van der Waals surface area contributed by atoms with Crippen LogP contribution in [0.4, 0.5) is 0 Å². The number of carbonyl (C=O) groups excluding carboxylic acids is 1. The molecule has 4 aromatic rings. The molecule has 0 unspecified atom stereocenters. The predicted molar refractivity (Wildman–Crippen MR) is 128 cm³/mol. The third kappa shape index (κ3) is 4.97. The molecule has 0 aliphatic heterocycles. The number of ether oxygens (including phenoxy) is 2. The second-order valence-corrected chi connectivity index (χ2v) is 7.90. The second-order valence-electron chi connectivity index (χ2n) is 7.06. The molecule has 0 radical (unpaired) electrons. The SMILES string of the molecule is COc1ccc(-c2cnc(-c3ccccc3C(=O)NCc3ccc(Cl)cc3Cl)o2)c(OC)c1. The smallest absolute Gasteiger partial charge is 0.252 e. The van der Waals surface area contributed by atoms with E-state index in [1.54, 1.807) is 62.9 Å². The summed E-state index contributed by atoms with van der Waals surface area (Å²) in [5, 5.41) is 3.91. The average Bonchev–Trinajstić information content (AvgIpc) is 3.32. The molecule has 33 heavy (non-hydrogen) atoms. The molecule has 1 heterocycles. The van der Waals surface area contributed by atoms with Gasteiger partial charge in [-0.25, -0.2) is 4.98 Å². The molecule has 0 fully saturated rings. The molecule has 1 N–H and O–H groups in total. The summed E-state index contributed by atoms with van der Waals surface area (Å²) in [7, 11) is 3.16. The lowest BCUT2D eigenvalue weighted by Crippen LogP contribution is -2.23. The van der Waals surface area contributed by atoms with E-state index in [0.29, 0.717) is 44.3 Å². The molecule has 0 bridgehead atoms. The van der Waals surface area contributed by atoms with E-state index in [9.17, 15) is 4.79 Å². The molecule has 0 spiro atoms. The van der Waals surface area contributed by atoms with Crippen LogP contribution in [0.25, 0.3) is 22.8 Å². The molecule has 0 aliphatic carbocycles. The zero-order chi connectivity index (χ0) is 23.4. The number of nitrogens with one attached hydrogen (secondary N) is 1. The summed E-state index contributed by atoms with van der Waals surface area (Å²) < 4.78 is 16.7. The Labute approximate surface area is 201 Å². The predicted octanol–water partition coefficient (Wildman–Crippen LogP) is 6.26. The van der Waals surface area contributed by atoms with Gasteiger partial charge >= 0.3 is 0 Å². The highest BCUT2D eigenvalue weighted by Crippen LogP contribution is 2.35. The second kappa shape index (κ2) is 9.98. The minimum Gasteiger partial charge on any atom is -0.497 e. The highest BCUT2D eigenvalue weighted by Gasteiger charge is 2.18. The number of hydrogen-bond acceptors (Lipinski definition) is 5. The summed E-state index contributed by atoms with van der Waals surface area (Å²) in [5.74, 6) is 1.80. The first-order valence-electron chi connectivity index (χ1n) is 10.00. The van der Waals surface area contributed by atoms with Crippen molar-refractivity contribution in [1.29, 1.82) is 0 Å². The van der Waals surface area contributed by atoms with Crippen LogP contribution >= 0.6 is 23.2 Å². The minimum absolute atomic E-state index is 0.253. The molecule has 4 rings (SSSR count). The first kappa shape index (κ1) is 22.7. The normalized spacial score (nSPS) is 10.7. The molecule has 0 saturated carbocycles. The number of hydrogen-bond donors (Lipinski definition) is 1. The zero-order valence-corrected chi connectivity index (χ0v) is 19.4. The van der Waals surface area contributed by atoms with Crippen molar-refractivity contribution in [3.05, 3.63) is 88.0 Å². The van der Waals surface area contributed by atoms with Crippen LogP contribution in [0.3, 0.4) is 0 Å². The average molecular weight is 483 g/mol. The lowest BCUT2D eigenvalue weighted by molar-refractivity contribution is 0.0951. The lowest BCUT2D eigenvalue weighted by Gasteiger charge is -2.10. The number of carbonyl (C=O) groups is 1. The van der Waals surface area contributed by atoms with Gasteiger partial charge in [-0.2, -0.15) is 0 Å². The van der Waals surface area contributed by atoms with Crippen LogP contribution in [0.15, 0.2) is 71.3 Å². The first-order valence-corrected chi connectivity index (χ1v) is 10.8. The Balaban J connectivity index is 1.59. The van der Waals surface area contributed by atoms with Crippen molar-refractivity contribution in [2.24, 2.45) is 0 Å². The number of benzene rings is 3. The van der Waals surface area contributed by atoms with Crippen molar-refractivity contribution >= 4 is 29.1 Å². The van der Waals surface area contributed by atoms with Crippen LogP contribution in [0.2, 0.25) is 10.0 Å². The van der Waals surface area contributed by atoms with Gasteiger partial charge < -0.3 is 19.2 Å². The molecule has 168 valence electrons. The molecule has 6 nitrogen and oxygen atoms in total. The van der Waals surface area contributed by atoms with E-state index in [1.165, 1.54) is 0 Å². The third-order valence-electron chi connectivity index (χ3n) is 5.04. The fourth-order valence-corrected chi connectivity index (χ4v) is 3.80. The van der Waals surface area contributed by atoms with Gasteiger partial charge in [0.1, 0.15) is 11.5 Å². The van der Waals surface area contributed by atoms with E-state index >= 15 is 0 Å². The fourth-order valence-electron chi connectivity index (χ4n) is 3.33. The fraction of sp³-hybridized carbons (Fsp3) is 0.120. The molecule has 0 aliphatic rings. The van der Waals surface area contributed by atoms with Crippen molar-refractivity contribution in [1.82, 2.24) is 10.3 Å². The van der Waals surface area contributed by atoms with Gasteiger partial charge in [-0.15, -0.1) is 0 Å². The van der Waals surface area contributed by atoms with Crippen LogP contribution in [0.1, 0.15) is 15.9 Å². The highest BCUT2D eigenvalue weighted by atomic mass is 35.5. The lowest BCUT2D eigenvalue weighted by atomic mass is 10.1. The van der Waals surface area contributed by atoms with Gasteiger partial charge in [0.25, 0.3) is 5.91 Å². The molecule has 1 aromatic heterocycles. The summed E-state index contributed by atoms with van der Waals surface area (Å²) in [6, 6.07) is 17.6. The van der Waals surface area contributed by atoms with Crippen LogP contribution in [-0.2, 0) is 6.54 Å². The van der Waals surface area contributed by atoms with Crippen molar-refractivity contribution < 1.29 is 18.7 Å². The number of aromatic nitrogens is 1. The first-order chi connectivity index (χ1) is 16.0. The van der Waals surface area contributed by atoms with E-state index in [2.05, 4.69) is 10.3 Å². The number of amides is 1.